The van der Waals surface area contributed by atoms with Crippen molar-refractivity contribution < 1.29 is 24.5 Å². The molecule has 0 saturated heterocycles. The van der Waals surface area contributed by atoms with Crippen LogP contribution in [0.3, 0.4) is 0 Å². The molecule has 0 radical (unpaired) electrons. The lowest BCUT2D eigenvalue weighted by Gasteiger charge is -2.23. The van der Waals surface area contributed by atoms with Gasteiger partial charge in [-0.1, -0.05) is 12.1 Å². The third-order valence-corrected chi connectivity index (χ3v) is 5.07. The molecule has 0 bridgehead atoms. The Hall–Kier alpha value is -2.57. The quantitative estimate of drug-likeness (QED) is 0.812. The highest BCUT2D eigenvalue weighted by Gasteiger charge is 2.20. The molecule has 6 heteroatoms. The number of carbonyl (C=O) groups is 1. The number of ether oxygens (including phenoxy) is 2. The van der Waals surface area contributed by atoms with Crippen molar-refractivity contribution in [1.82, 2.24) is 4.90 Å². The molecule has 1 aliphatic heterocycles. The van der Waals surface area contributed by atoms with Crippen molar-refractivity contribution in [2.75, 3.05) is 33.9 Å². The van der Waals surface area contributed by atoms with Gasteiger partial charge in [-0.15, -0.1) is 0 Å². The fraction of sp³-hybridized carbons (Fsp3) is 0.381. The number of aromatic carboxylic acids is 1. The van der Waals surface area contributed by atoms with Crippen LogP contribution in [0.2, 0.25) is 0 Å². The summed E-state index contributed by atoms with van der Waals surface area (Å²) >= 11 is 0. The summed E-state index contributed by atoms with van der Waals surface area (Å²) in [6.07, 6.45) is 1.10. The van der Waals surface area contributed by atoms with Crippen LogP contribution < -0.4 is 9.47 Å². The highest BCUT2D eigenvalue weighted by Crippen LogP contribution is 2.32. The molecule has 1 aliphatic rings. The maximum absolute atomic E-state index is 10.9. The van der Waals surface area contributed by atoms with E-state index in [0.717, 1.165) is 43.0 Å². The van der Waals surface area contributed by atoms with Crippen LogP contribution in [0, 0.1) is 0 Å². The van der Waals surface area contributed by atoms with E-state index in [2.05, 4.69) is 4.90 Å². The van der Waals surface area contributed by atoms with Crippen LogP contribution in [0.4, 0.5) is 0 Å². The van der Waals surface area contributed by atoms with Gasteiger partial charge in [-0.05, 0) is 53.8 Å². The average molecular weight is 371 g/mol. The van der Waals surface area contributed by atoms with Crippen LogP contribution in [0.15, 0.2) is 36.4 Å². The summed E-state index contributed by atoms with van der Waals surface area (Å²) in [7, 11) is 3.28. The Kier molecular flexibility index (Phi) is 5.98. The number of β-amino-alcohol motifs (C(OH)–C–C–N with tert-alkyl or cyclic N) is 1. The van der Waals surface area contributed by atoms with Gasteiger partial charge in [0.2, 0.25) is 0 Å². The van der Waals surface area contributed by atoms with Gasteiger partial charge in [0.25, 0.3) is 0 Å². The third kappa shape index (κ3) is 4.40. The van der Waals surface area contributed by atoms with E-state index >= 15 is 0 Å². The molecule has 0 aliphatic carbocycles. The Morgan fingerprint density at radius 1 is 1.04 bits per heavy atom. The van der Waals surface area contributed by atoms with Crippen molar-refractivity contribution in [2.45, 2.75) is 18.9 Å². The Bertz CT molecular complexity index is 768. The number of aliphatic hydroxyl groups excluding tert-OH is 1. The number of hydrogen-bond donors (Lipinski definition) is 2. The molecule has 2 aromatic rings. The van der Waals surface area contributed by atoms with Gasteiger partial charge in [-0.3, -0.25) is 4.90 Å². The van der Waals surface area contributed by atoms with Crippen molar-refractivity contribution in [3.8, 4) is 11.5 Å². The number of nitrogens with zero attached hydrogens (tertiary/aromatic N) is 1. The van der Waals surface area contributed by atoms with Gasteiger partial charge < -0.3 is 19.7 Å². The molecule has 3 rings (SSSR count). The van der Waals surface area contributed by atoms with Crippen molar-refractivity contribution >= 4 is 5.97 Å². The average Bonchev–Trinajstić information content (AvgIpc) is 2.88. The maximum Gasteiger partial charge on any atom is 0.335 e. The first-order chi connectivity index (χ1) is 13.0. The third-order valence-electron chi connectivity index (χ3n) is 5.07. The molecule has 1 atom stereocenters. The van der Waals surface area contributed by atoms with Crippen LogP contribution in [0.1, 0.15) is 33.2 Å². The van der Waals surface area contributed by atoms with Crippen molar-refractivity contribution in [2.24, 2.45) is 0 Å². The van der Waals surface area contributed by atoms with Crippen molar-refractivity contribution in [1.29, 1.82) is 0 Å². The maximum atomic E-state index is 10.9. The smallest absolute Gasteiger partial charge is 0.335 e. The van der Waals surface area contributed by atoms with E-state index in [1.165, 1.54) is 23.3 Å². The van der Waals surface area contributed by atoms with Crippen molar-refractivity contribution in [3.05, 3.63) is 58.7 Å². The number of rotatable bonds is 6. The number of methoxy groups -OCH3 is 2. The van der Waals surface area contributed by atoms with Crippen LogP contribution >= 0.6 is 0 Å². The first-order valence-corrected chi connectivity index (χ1v) is 8.99. The summed E-state index contributed by atoms with van der Waals surface area (Å²) in [5.74, 6) is 0.513. The van der Waals surface area contributed by atoms with Gasteiger partial charge in [-0.2, -0.15) is 0 Å². The van der Waals surface area contributed by atoms with Gasteiger partial charge in [0.1, 0.15) is 0 Å². The zero-order valence-electron chi connectivity index (χ0n) is 15.6. The number of carboxylic acids is 1. The minimum Gasteiger partial charge on any atom is -0.493 e. The fourth-order valence-corrected chi connectivity index (χ4v) is 3.48. The van der Waals surface area contributed by atoms with Gasteiger partial charge in [0.15, 0.2) is 11.5 Å². The van der Waals surface area contributed by atoms with E-state index in [9.17, 15) is 9.90 Å². The molecule has 0 spiro atoms. The lowest BCUT2D eigenvalue weighted by Crippen LogP contribution is -2.31. The topological polar surface area (TPSA) is 79.2 Å². The predicted molar refractivity (Wildman–Crippen MR) is 102 cm³/mol. The molecule has 0 amide bonds. The number of fused-ring (bicyclic) bond motifs is 1. The molecule has 0 fully saturated rings. The monoisotopic (exact) mass is 371 g/mol. The van der Waals surface area contributed by atoms with Crippen LogP contribution in [0.25, 0.3) is 0 Å². The lowest BCUT2D eigenvalue weighted by atomic mass is 10.0. The molecule has 144 valence electrons. The highest BCUT2D eigenvalue weighted by molar-refractivity contribution is 5.87. The van der Waals surface area contributed by atoms with Crippen LogP contribution in [-0.2, 0) is 12.8 Å². The standard InChI is InChI=1S/C21H25NO5/c1-26-19-11-16-7-9-22(10-8-17(16)12-20(19)27-2)13-18(23)14-3-5-15(6-4-14)21(24)25/h3-6,11-12,18,23H,7-10,13H2,1-2H3,(H,24,25). The summed E-state index contributed by atoms with van der Waals surface area (Å²) in [6, 6.07) is 10.5. The summed E-state index contributed by atoms with van der Waals surface area (Å²) in [6.45, 7) is 2.19. The zero-order chi connectivity index (χ0) is 19.4. The Morgan fingerprint density at radius 2 is 1.56 bits per heavy atom. The van der Waals surface area contributed by atoms with E-state index in [0.29, 0.717) is 6.54 Å². The van der Waals surface area contributed by atoms with E-state index < -0.39 is 12.1 Å². The number of benzene rings is 2. The molecule has 2 aromatic carbocycles. The summed E-state index contributed by atoms with van der Waals surface area (Å²) < 4.78 is 10.8. The fourth-order valence-electron chi connectivity index (χ4n) is 3.48. The molecule has 1 unspecified atom stereocenters. The first-order valence-electron chi connectivity index (χ1n) is 8.99. The Balaban J connectivity index is 1.66. The van der Waals surface area contributed by atoms with Gasteiger partial charge >= 0.3 is 5.97 Å². The zero-order valence-corrected chi connectivity index (χ0v) is 15.6. The highest BCUT2D eigenvalue weighted by atomic mass is 16.5. The van der Waals surface area contributed by atoms with Gasteiger partial charge in [-0.25, -0.2) is 4.79 Å². The second kappa shape index (κ2) is 8.41. The second-order valence-corrected chi connectivity index (χ2v) is 6.72. The summed E-state index contributed by atoms with van der Waals surface area (Å²) in [5.41, 5.74) is 3.44. The molecule has 2 N–H and O–H groups in total. The van der Waals surface area contributed by atoms with E-state index in [1.807, 2.05) is 12.1 Å². The predicted octanol–water partition coefficient (Wildman–Crippen LogP) is 2.54. The Morgan fingerprint density at radius 3 is 2.00 bits per heavy atom. The molecule has 27 heavy (non-hydrogen) atoms. The molecule has 6 nitrogen and oxygen atoms in total. The number of carboxylic acid groups (broad SMARTS) is 1. The molecule has 0 aromatic heterocycles. The lowest BCUT2D eigenvalue weighted by molar-refractivity contribution is 0.0696. The minimum atomic E-state index is -0.966. The summed E-state index contributed by atoms with van der Waals surface area (Å²) in [4.78, 5) is 13.2. The Labute approximate surface area is 159 Å². The van der Waals surface area contributed by atoms with E-state index in [1.54, 1.807) is 26.4 Å². The molecule has 0 saturated carbocycles. The van der Waals surface area contributed by atoms with Crippen LogP contribution in [-0.4, -0.2) is 54.9 Å². The molecular formula is C21H25NO5. The summed E-state index contributed by atoms with van der Waals surface area (Å²) in [5, 5.41) is 19.5. The molecular weight excluding hydrogens is 346 g/mol. The minimum absolute atomic E-state index is 0.221. The van der Waals surface area contributed by atoms with E-state index in [4.69, 9.17) is 14.6 Å². The normalized spacial score (nSPS) is 15.5. The second-order valence-electron chi connectivity index (χ2n) is 6.72. The first kappa shape index (κ1) is 19.2. The van der Waals surface area contributed by atoms with E-state index in [-0.39, 0.29) is 5.56 Å². The van der Waals surface area contributed by atoms with Gasteiger partial charge in [0.05, 0.1) is 25.9 Å². The number of hydrogen-bond acceptors (Lipinski definition) is 5. The number of aliphatic hydroxyl groups is 1. The van der Waals surface area contributed by atoms with Crippen molar-refractivity contribution in [3.63, 3.8) is 0 Å². The SMILES string of the molecule is COc1cc2c(cc1OC)CCN(CC(O)c1ccc(C(=O)O)cc1)CC2. The van der Waals surface area contributed by atoms with Gasteiger partial charge in [0, 0.05) is 19.6 Å². The van der Waals surface area contributed by atoms with Crippen LogP contribution in [0.5, 0.6) is 11.5 Å². The largest absolute Gasteiger partial charge is 0.493 e. The molecule has 1 heterocycles.